The maximum Gasteiger partial charge on any atom is 0.395 e. The number of halogens is 3. The average Bonchev–Trinajstić information content (AvgIpc) is 2.98. The Balaban J connectivity index is 2.19. The fourth-order valence-electron chi connectivity index (χ4n) is 3.73. The van der Waals surface area contributed by atoms with E-state index in [1.54, 1.807) is 24.5 Å². The van der Waals surface area contributed by atoms with Crippen LogP contribution in [-0.4, -0.2) is 30.8 Å². The monoisotopic (exact) mass is 418 g/mol. The topological polar surface area (TPSA) is 89.8 Å². The highest BCUT2D eigenvalue weighted by Crippen LogP contribution is 2.40. The largest absolute Gasteiger partial charge is 0.508 e. The van der Waals surface area contributed by atoms with Crippen LogP contribution >= 0.6 is 0 Å². The number of nitrogen functional groups attached to an aromatic ring is 1. The Morgan fingerprint density at radius 3 is 2.57 bits per heavy atom. The minimum absolute atomic E-state index is 0.00764. The minimum atomic E-state index is -5.02. The fraction of sp³-hybridized carbons (Fsp3) is 0.286. The van der Waals surface area contributed by atoms with Crippen molar-refractivity contribution in [3.8, 4) is 11.4 Å². The van der Waals surface area contributed by atoms with Gasteiger partial charge in [0.15, 0.2) is 5.65 Å². The fourth-order valence-corrected chi connectivity index (χ4v) is 3.73. The quantitative estimate of drug-likeness (QED) is 0.486. The molecule has 3 aromatic heterocycles. The van der Waals surface area contributed by atoms with Gasteiger partial charge < -0.3 is 10.8 Å². The number of benzene rings is 1. The number of phenols is 1. The number of hydrogen-bond acceptors (Lipinski definition) is 5. The summed E-state index contributed by atoms with van der Waals surface area (Å²) in [6.07, 6.45) is -3.81. The molecule has 156 valence electrons. The van der Waals surface area contributed by atoms with Gasteiger partial charge in [-0.05, 0) is 50.9 Å². The number of aryl methyl sites for hydroxylation is 2. The molecule has 0 spiro atoms. The number of alkyl halides is 3. The lowest BCUT2D eigenvalue weighted by Crippen LogP contribution is -2.19. The number of phenolic OH excluding ortho intramolecular Hbond substituents is 1. The van der Waals surface area contributed by atoms with Crippen molar-refractivity contribution < 1.29 is 22.4 Å². The van der Waals surface area contributed by atoms with Gasteiger partial charge in [0.05, 0.1) is 17.0 Å². The molecule has 4 aromatic rings. The number of aromatic hydroxyl groups is 1. The molecule has 0 aliphatic heterocycles. The van der Waals surface area contributed by atoms with E-state index in [0.29, 0.717) is 11.3 Å². The summed E-state index contributed by atoms with van der Waals surface area (Å²) in [6, 6.07) is 4.38. The van der Waals surface area contributed by atoms with E-state index in [2.05, 4.69) is 15.0 Å². The van der Waals surface area contributed by atoms with Crippen molar-refractivity contribution in [2.24, 2.45) is 0 Å². The summed E-state index contributed by atoms with van der Waals surface area (Å²) in [5, 5.41) is 10.7. The summed E-state index contributed by atoms with van der Waals surface area (Å²) in [5.41, 5.74) is 7.81. The predicted octanol–water partition coefficient (Wildman–Crippen LogP) is 4.85. The second kappa shape index (κ2) is 6.58. The molecule has 3 heterocycles. The van der Waals surface area contributed by atoms with Gasteiger partial charge in [-0.15, -0.1) is 0 Å². The van der Waals surface area contributed by atoms with E-state index in [0.717, 1.165) is 11.6 Å². The van der Waals surface area contributed by atoms with Crippen LogP contribution in [0, 0.1) is 20.8 Å². The third kappa shape index (κ3) is 2.84. The molecule has 4 rings (SSSR count). The summed E-state index contributed by atoms with van der Waals surface area (Å²) in [4.78, 5) is 12.6. The number of rotatable bonds is 2. The molecule has 30 heavy (non-hydrogen) atoms. The van der Waals surface area contributed by atoms with Crippen molar-refractivity contribution in [2.45, 2.75) is 39.7 Å². The first-order chi connectivity index (χ1) is 15.2. The molecule has 0 amide bonds. The Hall–Kier alpha value is -3.36. The van der Waals surface area contributed by atoms with Gasteiger partial charge in [-0.2, -0.15) is 13.2 Å². The van der Waals surface area contributed by atoms with Crippen LogP contribution in [-0.2, 0) is 0 Å². The Kier molecular flexibility index (Phi) is 3.61. The van der Waals surface area contributed by atoms with Crippen LogP contribution in [0.4, 0.5) is 19.0 Å². The Bertz CT molecular complexity index is 1400. The van der Waals surface area contributed by atoms with E-state index in [1.165, 1.54) is 19.3 Å². The number of fused-ring (bicyclic) bond motifs is 3. The van der Waals surface area contributed by atoms with Crippen LogP contribution in [0.25, 0.3) is 27.8 Å². The smallest absolute Gasteiger partial charge is 0.395 e. The molecule has 1 atom stereocenters. The summed E-state index contributed by atoms with van der Waals surface area (Å²) in [7, 11) is 0. The Labute approximate surface area is 174 Å². The number of nitrogens with two attached hydrogens (primary N) is 1. The SMILES string of the molecule is [2H]C([2H])([2H])C(c1cc2c3c(N)ncnc3n(-c3c(C)ccc(O)c3C)c2nc1C)C(F)(F)F. The molecular weight excluding hydrogens is 395 g/mol. The normalized spacial score (nSPS) is 15.2. The molecule has 0 saturated heterocycles. The first kappa shape index (κ1) is 16.4. The molecule has 1 aromatic carbocycles. The molecule has 0 saturated carbocycles. The lowest BCUT2D eigenvalue weighted by atomic mass is 9.98. The van der Waals surface area contributed by atoms with Gasteiger partial charge in [0.2, 0.25) is 0 Å². The van der Waals surface area contributed by atoms with E-state index >= 15 is 0 Å². The highest BCUT2D eigenvalue weighted by atomic mass is 19.4. The van der Waals surface area contributed by atoms with Gasteiger partial charge in [0, 0.05) is 20.8 Å². The van der Waals surface area contributed by atoms with Gasteiger partial charge in [0.25, 0.3) is 0 Å². The van der Waals surface area contributed by atoms with Gasteiger partial charge in [-0.3, -0.25) is 4.57 Å². The number of hydrogen-bond donors (Lipinski definition) is 2. The summed E-state index contributed by atoms with van der Waals surface area (Å²) >= 11 is 0. The maximum atomic E-state index is 13.8. The Morgan fingerprint density at radius 1 is 1.17 bits per heavy atom. The Morgan fingerprint density at radius 2 is 1.90 bits per heavy atom. The summed E-state index contributed by atoms with van der Waals surface area (Å²) < 4.78 is 65.6. The number of aromatic nitrogens is 4. The number of pyridine rings is 1. The van der Waals surface area contributed by atoms with E-state index in [1.807, 2.05) is 0 Å². The van der Waals surface area contributed by atoms with E-state index in [-0.39, 0.29) is 39.3 Å². The lowest BCUT2D eigenvalue weighted by molar-refractivity contribution is -0.146. The minimum Gasteiger partial charge on any atom is -0.508 e. The van der Waals surface area contributed by atoms with Crippen LogP contribution in [0.3, 0.4) is 0 Å². The molecule has 0 aliphatic rings. The van der Waals surface area contributed by atoms with Crippen LogP contribution in [0.5, 0.6) is 5.75 Å². The first-order valence-electron chi connectivity index (χ1n) is 10.5. The van der Waals surface area contributed by atoms with Crippen molar-refractivity contribution in [1.29, 1.82) is 0 Å². The van der Waals surface area contributed by atoms with Crippen molar-refractivity contribution in [3.63, 3.8) is 0 Å². The van der Waals surface area contributed by atoms with E-state index < -0.39 is 24.5 Å². The second-order valence-electron chi connectivity index (χ2n) is 7.18. The van der Waals surface area contributed by atoms with Crippen LogP contribution in [0.1, 0.15) is 39.3 Å². The molecule has 1 unspecified atom stereocenters. The third-order valence-electron chi connectivity index (χ3n) is 5.25. The second-order valence-corrected chi connectivity index (χ2v) is 7.18. The molecule has 0 aliphatic carbocycles. The van der Waals surface area contributed by atoms with Crippen LogP contribution in [0.15, 0.2) is 24.5 Å². The lowest BCUT2D eigenvalue weighted by Gasteiger charge is -2.18. The van der Waals surface area contributed by atoms with Crippen molar-refractivity contribution in [3.05, 3.63) is 46.9 Å². The molecule has 9 heteroatoms. The van der Waals surface area contributed by atoms with E-state index in [9.17, 15) is 18.3 Å². The standard InChI is InChI=1S/C21H20F3N5O/c1-9-5-6-15(30)10(2)17(9)29-19-14(16-18(25)26-8-27-20(16)29)7-13(12(4)28-19)11(3)21(22,23)24/h5-8,11,30H,1-4H3,(H2,25,26,27)/i3D3. The molecule has 3 N–H and O–H groups in total. The maximum absolute atomic E-state index is 13.8. The zero-order chi connectivity index (χ0) is 24.5. The van der Waals surface area contributed by atoms with Gasteiger partial charge in [-0.1, -0.05) is 6.07 Å². The highest BCUT2D eigenvalue weighted by Gasteiger charge is 2.38. The van der Waals surface area contributed by atoms with Crippen molar-refractivity contribution in [1.82, 2.24) is 19.5 Å². The summed E-state index contributed by atoms with van der Waals surface area (Å²) in [6.45, 7) is 1.49. The zero-order valence-electron chi connectivity index (χ0n) is 19.3. The molecule has 6 nitrogen and oxygen atoms in total. The number of anilines is 1. The average molecular weight is 418 g/mol. The third-order valence-corrected chi connectivity index (χ3v) is 5.25. The summed E-state index contributed by atoms with van der Waals surface area (Å²) in [5.74, 6) is -2.70. The van der Waals surface area contributed by atoms with Gasteiger partial charge in [0.1, 0.15) is 23.5 Å². The first-order valence-corrected chi connectivity index (χ1v) is 9.01. The highest BCUT2D eigenvalue weighted by molar-refractivity contribution is 6.11. The van der Waals surface area contributed by atoms with Crippen molar-refractivity contribution >= 4 is 27.9 Å². The zero-order valence-corrected chi connectivity index (χ0v) is 16.3. The number of nitrogens with zero attached hydrogens (tertiary/aromatic N) is 4. The predicted molar refractivity (Wildman–Crippen MR) is 109 cm³/mol. The molecule has 0 radical (unpaired) electrons. The molecular formula is C21H20F3N5O. The van der Waals surface area contributed by atoms with Crippen LogP contribution < -0.4 is 5.73 Å². The van der Waals surface area contributed by atoms with E-state index in [4.69, 9.17) is 9.85 Å². The van der Waals surface area contributed by atoms with Crippen LogP contribution in [0.2, 0.25) is 0 Å². The van der Waals surface area contributed by atoms with Gasteiger partial charge in [-0.25, -0.2) is 15.0 Å². The molecule has 0 bridgehead atoms. The van der Waals surface area contributed by atoms with Crippen molar-refractivity contribution in [2.75, 3.05) is 5.73 Å². The van der Waals surface area contributed by atoms with Gasteiger partial charge >= 0.3 is 6.18 Å². The molecule has 0 fully saturated rings.